The second-order valence-corrected chi connectivity index (χ2v) is 6.00. The van der Waals surface area contributed by atoms with Gasteiger partial charge in [-0.25, -0.2) is 0 Å². The lowest BCUT2D eigenvalue weighted by Gasteiger charge is -2.41. The maximum Gasteiger partial charge on any atom is 0.0700 e. The Bertz CT molecular complexity index is 369. The molecule has 3 nitrogen and oxygen atoms in total. The van der Waals surface area contributed by atoms with Crippen LogP contribution >= 0.6 is 11.8 Å². The summed E-state index contributed by atoms with van der Waals surface area (Å²) in [7, 11) is 0. The van der Waals surface area contributed by atoms with Crippen molar-refractivity contribution >= 4 is 11.8 Å². The number of nitrogens with zero attached hydrogens (tertiary/aromatic N) is 1. The first kappa shape index (κ1) is 13.9. The van der Waals surface area contributed by atoms with Gasteiger partial charge in [-0.1, -0.05) is 12.1 Å². The van der Waals surface area contributed by atoms with Crippen molar-refractivity contribution in [3.8, 4) is 0 Å². The smallest absolute Gasteiger partial charge is 0.0700 e. The lowest BCUT2D eigenvalue weighted by molar-refractivity contribution is 0.0932. The summed E-state index contributed by atoms with van der Waals surface area (Å²) >= 11 is 1.77. The highest BCUT2D eigenvalue weighted by atomic mass is 32.2. The van der Waals surface area contributed by atoms with Crippen LogP contribution in [0, 0.1) is 0 Å². The molecule has 0 aromatic heterocycles. The fourth-order valence-electron chi connectivity index (χ4n) is 2.44. The highest BCUT2D eigenvalue weighted by molar-refractivity contribution is 7.98. The van der Waals surface area contributed by atoms with Crippen molar-refractivity contribution < 1.29 is 0 Å². The lowest BCUT2D eigenvalue weighted by Crippen LogP contribution is -2.60. The number of piperazine rings is 1. The summed E-state index contributed by atoms with van der Waals surface area (Å²) < 4.78 is 0. The van der Waals surface area contributed by atoms with E-state index in [0.29, 0.717) is 0 Å². The van der Waals surface area contributed by atoms with Crippen LogP contribution in [0.2, 0.25) is 0 Å². The number of hydrogen-bond donors (Lipinski definition) is 2. The van der Waals surface area contributed by atoms with Crippen LogP contribution in [0.4, 0.5) is 0 Å². The Morgan fingerprint density at radius 1 is 1.28 bits per heavy atom. The Hall–Kier alpha value is -0.550. The van der Waals surface area contributed by atoms with E-state index in [0.717, 1.165) is 32.6 Å². The first-order valence-corrected chi connectivity index (χ1v) is 7.72. The zero-order chi connectivity index (χ0) is 13.0. The summed E-state index contributed by atoms with van der Waals surface area (Å²) in [6, 6.07) is 8.74. The summed E-state index contributed by atoms with van der Waals surface area (Å²) in [5.74, 6) is 0. The molecule has 1 fully saturated rings. The molecule has 1 aromatic carbocycles. The van der Waals surface area contributed by atoms with Crippen LogP contribution in [0.3, 0.4) is 0 Å². The predicted molar refractivity (Wildman–Crippen MR) is 79.0 cm³/mol. The number of benzene rings is 1. The minimum absolute atomic E-state index is 0.247. The van der Waals surface area contributed by atoms with Crippen LogP contribution in [0.15, 0.2) is 29.2 Å². The molecule has 1 atom stereocenters. The van der Waals surface area contributed by atoms with Gasteiger partial charge in [-0.3, -0.25) is 4.90 Å². The average molecular weight is 265 g/mol. The van der Waals surface area contributed by atoms with Gasteiger partial charge in [0.05, 0.1) is 5.66 Å². The third kappa shape index (κ3) is 3.48. The van der Waals surface area contributed by atoms with Gasteiger partial charge in [0.15, 0.2) is 0 Å². The molecule has 0 radical (unpaired) electrons. The first-order valence-electron chi connectivity index (χ1n) is 6.49. The molecule has 0 aliphatic carbocycles. The predicted octanol–water partition coefficient (Wildman–Crippen LogP) is 1.53. The second kappa shape index (κ2) is 6.06. The molecule has 100 valence electrons. The molecule has 3 N–H and O–H groups in total. The Morgan fingerprint density at radius 2 is 1.89 bits per heavy atom. The Kier molecular flexibility index (Phi) is 4.67. The molecule has 1 aliphatic heterocycles. The number of nitrogens with two attached hydrogens (primary N) is 1. The third-order valence-electron chi connectivity index (χ3n) is 3.56. The maximum absolute atomic E-state index is 6.49. The van der Waals surface area contributed by atoms with Gasteiger partial charge < -0.3 is 11.1 Å². The molecule has 1 saturated heterocycles. The second-order valence-electron chi connectivity index (χ2n) is 5.12. The molecule has 1 aliphatic rings. The molecule has 2 rings (SSSR count). The fraction of sp³-hybridized carbons (Fsp3) is 0.571. The fourth-order valence-corrected chi connectivity index (χ4v) is 2.85. The van der Waals surface area contributed by atoms with Gasteiger partial charge >= 0.3 is 0 Å². The monoisotopic (exact) mass is 265 g/mol. The molecule has 0 saturated carbocycles. The van der Waals surface area contributed by atoms with Crippen LogP contribution < -0.4 is 11.1 Å². The first-order chi connectivity index (χ1) is 8.62. The van der Waals surface area contributed by atoms with E-state index in [1.165, 1.54) is 10.5 Å². The van der Waals surface area contributed by atoms with Crippen molar-refractivity contribution in [2.75, 3.05) is 32.4 Å². The van der Waals surface area contributed by atoms with Gasteiger partial charge in [-0.05, 0) is 30.9 Å². The van der Waals surface area contributed by atoms with Gasteiger partial charge in [-0.15, -0.1) is 11.8 Å². The maximum atomic E-state index is 6.49. The molecular formula is C14H23N3S. The van der Waals surface area contributed by atoms with E-state index in [1.807, 2.05) is 0 Å². The summed E-state index contributed by atoms with van der Waals surface area (Å²) in [6.07, 6.45) is 3.00. The van der Waals surface area contributed by atoms with Crippen LogP contribution in [0.1, 0.15) is 12.5 Å². The average Bonchev–Trinajstić information content (AvgIpc) is 2.40. The SMILES string of the molecule is CSc1ccc(CC(C)(N)N2CCNCC2)cc1. The summed E-state index contributed by atoms with van der Waals surface area (Å²) in [5, 5.41) is 3.37. The van der Waals surface area contributed by atoms with Crippen molar-refractivity contribution in [1.82, 2.24) is 10.2 Å². The number of hydrogen-bond acceptors (Lipinski definition) is 4. The van der Waals surface area contributed by atoms with E-state index in [4.69, 9.17) is 5.73 Å². The summed E-state index contributed by atoms with van der Waals surface area (Å²) in [5.41, 5.74) is 7.56. The number of nitrogens with one attached hydrogen (secondary N) is 1. The van der Waals surface area contributed by atoms with Crippen molar-refractivity contribution in [2.45, 2.75) is 23.9 Å². The third-order valence-corrected chi connectivity index (χ3v) is 4.30. The quantitative estimate of drug-likeness (QED) is 0.810. The van der Waals surface area contributed by atoms with Gasteiger partial charge in [0, 0.05) is 37.5 Å². The number of rotatable bonds is 4. The van der Waals surface area contributed by atoms with Crippen molar-refractivity contribution in [3.05, 3.63) is 29.8 Å². The van der Waals surface area contributed by atoms with Crippen LogP contribution in [-0.2, 0) is 6.42 Å². The minimum atomic E-state index is -0.247. The Morgan fingerprint density at radius 3 is 2.44 bits per heavy atom. The molecule has 0 spiro atoms. The molecule has 1 heterocycles. The Balaban J connectivity index is 2.01. The largest absolute Gasteiger partial charge is 0.314 e. The topological polar surface area (TPSA) is 41.3 Å². The molecule has 4 heteroatoms. The van der Waals surface area contributed by atoms with Crippen LogP contribution in [0.25, 0.3) is 0 Å². The zero-order valence-corrected chi connectivity index (χ0v) is 12.1. The van der Waals surface area contributed by atoms with Crippen molar-refractivity contribution in [1.29, 1.82) is 0 Å². The summed E-state index contributed by atoms with van der Waals surface area (Å²) in [6.45, 7) is 6.29. The molecule has 1 aromatic rings. The van der Waals surface area contributed by atoms with Gasteiger partial charge in [-0.2, -0.15) is 0 Å². The molecule has 18 heavy (non-hydrogen) atoms. The van der Waals surface area contributed by atoms with E-state index < -0.39 is 0 Å². The molecular weight excluding hydrogens is 242 g/mol. The minimum Gasteiger partial charge on any atom is -0.314 e. The van der Waals surface area contributed by atoms with E-state index >= 15 is 0 Å². The van der Waals surface area contributed by atoms with Crippen molar-refractivity contribution in [3.63, 3.8) is 0 Å². The highest BCUT2D eigenvalue weighted by Gasteiger charge is 2.28. The van der Waals surface area contributed by atoms with Crippen LogP contribution in [-0.4, -0.2) is 43.0 Å². The van der Waals surface area contributed by atoms with E-state index in [9.17, 15) is 0 Å². The van der Waals surface area contributed by atoms with E-state index in [-0.39, 0.29) is 5.66 Å². The lowest BCUT2D eigenvalue weighted by atomic mass is 10.00. The molecule has 0 amide bonds. The van der Waals surface area contributed by atoms with Gasteiger partial charge in [0.2, 0.25) is 0 Å². The Labute approximate surface area is 114 Å². The molecule has 1 unspecified atom stereocenters. The van der Waals surface area contributed by atoms with Crippen LogP contribution in [0.5, 0.6) is 0 Å². The molecule has 0 bridgehead atoms. The van der Waals surface area contributed by atoms with E-state index in [2.05, 4.69) is 47.7 Å². The van der Waals surface area contributed by atoms with E-state index in [1.54, 1.807) is 11.8 Å². The number of thioether (sulfide) groups is 1. The normalized spacial score (nSPS) is 20.6. The highest BCUT2D eigenvalue weighted by Crippen LogP contribution is 2.19. The standard InChI is InChI=1S/C14H23N3S/c1-14(15,17-9-7-16-8-10-17)11-12-3-5-13(18-2)6-4-12/h3-6,16H,7-11,15H2,1-2H3. The zero-order valence-electron chi connectivity index (χ0n) is 11.3. The van der Waals surface area contributed by atoms with Gasteiger partial charge in [0.25, 0.3) is 0 Å². The van der Waals surface area contributed by atoms with Crippen molar-refractivity contribution in [2.24, 2.45) is 5.73 Å². The van der Waals surface area contributed by atoms with Gasteiger partial charge in [0.1, 0.15) is 0 Å². The summed E-state index contributed by atoms with van der Waals surface area (Å²) in [4.78, 5) is 3.69.